The standard InChI is InChI=1S/C8H8ClFN2O2/c9-3-1-2-4-12-5-6(10)7(13)11-8(12)14/h1-2,5H,3-4H2,(H,11,13,14)/b2-1+. The van der Waals surface area contributed by atoms with E-state index in [2.05, 4.69) is 0 Å². The van der Waals surface area contributed by atoms with E-state index >= 15 is 0 Å². The molecule has 0 saturated heterocycles. The third kappa shape index (κ3) is 2.56. The summed E-state index contributed by atoms with van der Waals surface area (Å²) in [6.45, 7) is 0.180. The SMILES string of the molecule is O=c1[nH]c(=O)n(C/C=C/CCl)cc1F. The van der Waals surface area contributed by atoms with E-state index in [-0.39, 0.29) is 6.54 Å². The van der Waals surface area contributed by atoms with E-state index in [0.717, 1.165) is 10.8 Å². The fraction of sp³-hybridized carbons (Fsp3) is 0.250. The molecule has 76 valence electrons. The van der Waals surface area contributed by atoms with E-state index in [1.807, 2.05) is 4.98 Å². The maximum Gasteiger partial charge on any atom is 0.328 e. The second-order valence-corrected chi connectivity index (χ2v) is 2.82. The monoisotopic (exact) mass is 218 g/mol. The van der Waals surface area contributed by atoms with Crippen LogP contribution in [0.1, 0.15) is 0 Å². The van der Waals surface area contributed by atoms with Gasteiger partial charge in [-0.3, -0.25) is 14.3 Å². The van der Waals surface area contributed by atoms with Crippen molar-refractivity contribution >= 4 is 11.6 Å². The van der Waals surface area contributed by atoms with Crippen LogP contribution in [0, 0.1) is 5.82 Å². The van der Waals surface area contributed by atoms with Crippen molar-refractivity contribution in [1.29, 1.82) is 0 Å². The molecule has 1 rings (SSSR count). The van der Waals surface area contributed by atoms with Gasteiger partial charge in [-0.1, -0.05) is 12.2 Å². The van der Waals surface area contributed by atoms with Crippen LogP contribution in [-0.4, -0.2) is 15.4 Å². The lowest BCUT2D eigenvalue weighted by molar-refractivity contribution is 0.568. The average Bonchev–Trinajstić information content (AvgIpc) is 2.14. The number of nitrogens with zero attached hydrogens (tertiary/aromatic N) is 1. The van der Waals surface area contributed by atoms with Crippen LogP contribution in [0.25, 0.3) is 0 Å². The number of aromatic amines is 1. The maximum absolute atomic E-state index is 12.7. The molecule has 0 amide bonds. The van der Waals surface area contributed by atoms with Gasteiger partial charge in [0.2, 0.25) is 5.82 Å². The van der Waals surface area contributed by atoms with Crippen LogP contribution in [-0.2, 0) is 6.54 Å². The third-order valence-corrected chi connectivity index (χ3v) is 1.70. The highest BCUT2D eigenvalue weighted by atomic mass is 35.5. The molecule has 0 atom stereocenters. The van der Waals surface area contributed by atoms with Crippen molar-refractivity contribution in [3.63, 3.8) is 0 Å². The second-order valence-electron chi connectivity index (χ2n) is 2.51. The van der Waals surface area contributed by atoms with E-state index in [0.29, 0.717) is 5.88 Å². The number of aromatic nitrogens is 2. The summed E-state index contributed by atoms with van der Waals surface area (Å²) in [5.41, 5.74) is -1.65. The molecule has 0 unspecified atom stereocenters. The Morgan fingerprint density at radius 2 is 2.21 bits per heavy atom. The van der Waals surface area contributed by atoms with Gasteiger partial charge in [-0.2, -0.15) is 4.39 Å². The molecule has 0 aliphatic rings. The fourth-order valence-corrected chi connectivity index (χ4v) is 0.995. The van der Waals surface area contributed by atoms with Gasteiger partial charge in [-0.15, -0.1) is 11.6 Å². The number of allylic oxidation sites excluding steroid dienone is 2. The minimum atomic E-state index is -1.01. The first-order chi connectivity index (χ1) is 6.65. The van der Waals surface area contributed by atoms with Crippen molar-refractivity contribution in [2.45, 2.75) is 6.54 Å². The number of nitrogens with one attached hydrogen (secondary N) is 1. The lowest BCUT2D eigenvalue weighted by atomic mass is 10.5. The minimum absolute atomic E-state index is 0.180. The van der Waals surface area contributed by atoms with E-state index < -0.39 is 17.1 Å². The highest BCUT2D eigenvalue weighted by molar-refractivity contribution is 6.18. The smallest absolute Gasteiger partial charge is 0.294 e. The molecule has 1 N–H and O–H groups in total. The third-order valence-electron chi connectivity index (χ3n) is 1.53. The van der Waals surface area contributed by atoms with Gasteiger partial charge in [0.25, 0.3) is 5.56 Å². The topological polar surface area (TPSA) is 54.9 Å². The molecular weight excluding hydrogens is 211 g/mol. The van der Waals surface area contributed by atoms with Gasteiger partial charge in [0.1, 0.15) is 0 Å². The van der Waals surface area contributed by atoms with Crippen LogP contribution in [0.15, 0.2) is 27.9 Å². The summed E-state index contributed by atoms with van der Waals surface area (Å²) in [6.07, 6.45) is 4.09. The first-order valence-electron chi connectivity index (χ1n) is 3.85. The molecule has 0 spiro atoms. The molecule has 4 nitrogen and oxygen atoms in total. The highest BCUT2D eigenvalue weighted by Crippen LogP contribution is 1.86. The van der Waals surface area contributed by atoms with Crippen LogP contribution in [0.4, 0.5) is 4.39 Å². The number of alkyl halides is 1. The predicted octanol–water partition coefficient (Wildman–Crippen LogP) is 0.471. The molecular formula is C8H8ClFN2O2. The molecule has 6 heteroatoms. The number of halogens is 2. The van der Waals surface area contributed by atoms with Crippen molar-refractivity contribution in [2.75, 3.05) is 5.88 Å². The van der Waals surface area contributed by atoms with Gasteiger partial charge in [0.15, 0.2) is 0 Å². The molecule has 0 fully saturated rings. The largest absolute Gasteiger partial charge is 0.328 e. The number of H-pyrrole nitrogens is 1. The number of hydrogen-bond acceptors (Lipinski definition) is 2. The first kappa shape index (κ1) is 10.7. The van der Waals surface area contributed by atoms with E-state index in [1.54, 1.807) is 12.2 Å². The van der Waals surface area contributed by atoms with E-state index in [9.17, 15) is 14.0 Å². The van der Waals surface area contributed by atoms with Crippen LogP contribution in [0.5, 0.6) is 0 Å². The van der Waals surface area contributed by atoms with Crippen LogP contribution in [0.2, 0.25) is 0 Å². The second kappa shape index (κ2) is 4.76. The van der Waals surface area contributed by atoms with Crippen molar-refractivity contribution in [2.24, 2.45) is 0 Å². The van der Waals surface area contributed by atoms with Gasteiger partial charge in [0.05, 0.1) is 6.20 Å². The van der Waals surface area contributed by atoms with Crippen LogP contribution < -0.4 is 11.2 Å². The van der Waals surface area contributed by atoms with Gasteiger partial charge >= 0.3 is 5.69 Å². The summed E-state index contributed by atoms with van der Waals surface area (Å²) in [7, 11) is 0. The lowest BCUT2D eigenvalue weighted by Crippen LogP contribution is -2.31. The summed E-state index contributed by atoms with van der Waals surface area (Å²) in [4.78, 5) is 23.5. The molecule has 0 bridgehead atoms. The summed E-state index contributed by atoms with van der Waals surface area (Å²) in [5.74, 6) is -0.662. The summed E-state index contributed by atoms with van der Waals surface area (Å²) >= 11 is 5.36. The zero-order valence-corrected chi connectivity index (χ0v) is 7.92. The molecule has 1 aromatic heterocycles. The Kier molecular flexibility index (Phi) is 3.64. The summed E-state index contributed by atoms with van der Waals surface area (Å²) < 4.78 is 13.8. The normalized spacial score (nSPS) is 11.0. The Balaban J connectivity index is 2.99. The predicted molar refractivity (Wildman–Crippen MR) is 51.1 cm³/mol. The fourth-order valence-electron chi connectivity index (χ4n) is 0.869. The molecule has 1 heterocycles. The van der Waals surface area contributed by atoms with Crippen molar-refractivity contribution in [3.8, 4) is 0 Å². The molecule has 1 aromatic rings. The summed E-state index contributed by atoms with van der Waals surface area (Å²) in [5, 5.41) is 0. The van der Waals surface area contributed by atoms with Crippen molar-refractivity contribution < 1.29 is 4.39 Å². The van der Waals surface area contributed by atoms with Gasteiger partial charge in [-0.05, 0) is 0 Å². The van der Waals surface area contributed by atoms with E-state index in [1.165, 1.54) is 0 Å². The molecule has 14 heavy (non-hydrogen) atoms. The lowest BCUT2D eigenvalue weighted by Gasteiger charge is -1.99. The Bertz CT molecular complexity index is 449. The zero-order valence-electron chi connectivity index (χ0n) is 7.17. The minimum Gasteiger partial charge on any atom is -0.294 e. The number of hydrogen-bond donors (Lipinski definition) is 1. The molecule has 0 aliphatic carbocycles. The summed E-state index contributed by atoms with van der Waals surface area (Å²) in [6, 6.07) is 0. The van der Waals surface area contributed by atoms with Crippen LogP contribution in [0.3, 0.4) is 0 Å². The van der Waals surface area contributed by atoms with Gasteiger partial charge in [0, 0.05) is 12.4 Å². The first-order valence-corrected chi connectivity index (χ1v) is 4.39. The Labute approximate surface area is 83.6 Å². The maximum atomic E-state index is 12.7. The Hall–Kier alpha value is -1.36. The van der Waals surface area contributed by atoms with Gasteiger partial charge < -0.3 is 0 Å². The van der Waals surface area contributed by atoms with Gasteiger partial charge in [-0.25, -0.2) is 4.79 Å². The zero-order chi connectivity index (χ0) is 10.6. The van der Waals surface area contributed by atoms with E-state index in [4.69, 9.17) is 11.6 Å². The highest BCUT2D eigenvalue weighted by Gasteiger charge is 2.01. The van der Waals surface area contributed by atoms with Crippen LogP contribution >= 0.6 is 11.6 Å². The Morgan fingerprint density at radius 1 is 1.50 bits per heavy atom. The molecule has 0 aliphatic heterocycles. The molecule has 0 aromatic carbocycles. The average molecular weight is 219 g/mol. The number of rotatable bonds is 3. The van der Waals surface area contributed by atoms with Crippen molar-refractivity contribution in [1.82, 2.24) is 9.55 Å². The quantitative estimate of drug-likeness (QED) is 0.592. The Morgan fingerprint density at radius 3 is 2.86 bits per heavy atom. The molecule has 0 radical (unpaired) electrons. The van der Waals surface area contributed by atoms with Crippen molar-refractivity contribution in [3.05, 3.63) is 45.0 Å². The molecule has 0 saturated carbocycles.